The molecule has 2 aromatic heterocycles. The summed E-state index contributed by atoms with van der Waals surface area (Å²) in [6, 6.07) is 10.4. The van der Waals surface area contributed by atoms with Gasteiger partial charge in [0.15, 0.2) is 0 Å². The zero-order valence-corrected chi connectivity index (χ0v) is 20.0. The number of rotatable bonds is 6. The lowest BCUT2D eigenvalue weighted by Crippen LogP contribution is -2.48. The van der Waals surface area contributed by atoms with Crippen LogP contribution in [0.4, 0.5) is 23.1 Å². The highest BCUT2D eigenvalue weighted by Gasteiger charge is 2.19. The Morgan fingerprint density at radius 2 is 1.89 bits per heavy atom. The lowest BCUT2D eigenvalue weighted by Gasteiger charge is -2.35. The molecule has 0 bridgehead atoms. The Labute approximate surface area is 204 Å². The van der Waals surface area contributed by atoms with Crippen LogP contribution in [0.3, 0.4) is 0 Å². The van der Waals surface area contributed by atoms with E-state index in [0.29, 0.717) is 28.9 Å². The van der Waals surface area contributed by atoms with Crippen molar-refractivity contribution in [2.24, 2.45) is 5.92 Å². The summed E-state index contributed by atoms with van der Waals surface area (Å²) in [6.45, 7) is 7.66. The molecule has 10 nitrogen and oxygen atoms in total. The van der Waals surface area contributed by atoms with E-state index in [-0.39, 0.29) is 5.91 Å². The van der Waals surface area contributed by atoms with Crippen LogP contribution in [0.5, 0.6) is 0 Å². The Morgan fingerprint density at radius 1 is 1.14 bits per heavy atom. The van der Waals surface area contributed by atoms with E-state index in [4.69, 9.17) is 4.98 Å². The lowest BCUT2D eigenvalue weighted by atomic mass is 9.98. The number of anilines is 4. The first-order valence-corrected chi connectivity index (χ1v) is 12.2. The Bertz CT molecular complexity index is 1220. The van der Waals surface area contributed by atoms with E-state index in [1.54, 1.807) is 13.1 Å². The lowest BCUT2D eigenvalue weighted by molar-refractivity contribution is -0.129. The fourth-order valence-corrected chi connectivity index (χ4v) is 4.80. The molecule has 5 rings (SSSR count). The number of nitrogens with zero attached hydrogens (tertiary/aromatic N) is 5. The summed E-state index contributed by atoms with van der Waals surface area (Å²) in [5.41, 5.74) is 3.18. The number of nitriles is 1. The van der Waals surface area contributed by atoms with Crippen LogP contribution < -0.4 is 20.9 Å². The summed E-state index contributed by atoms with van der Waals surface area (Å²) in [7, 11) is 0. The molecule has 1 amide bonds. The molecule has 0 atom stereocenters. The molecule has 10 heteroatoms. The Hall–Kier alpha value is -3.84. The first-order valence-electron chi connectivity index (χ1n) is 12.2. The van der Waals surface area contributed by atoms with Gasteiger partial charge in [0, 0.05) is 57.2 Å². The van der Waals surface area contributed by atoms with Gasteiger partial charge in [-0.05, 0) is 56.1 Å². The van der Waals surface area contributed by atoms with Gasteiger partial charge in [-0.3, -0.25) is 4.79 Å². The molecule has 2 saturated heterocycles. The van der Waals surface area contributed by atoms with E-state index in [1.807, 2.05) is 17.0 Å². The van der Waals surface area contributed by atoms with Gasteiger partial charge in [0.05, 0.1) is 10.9 Å². The maximum absolute atomic E-state index is 11.6. The molecule has 0 unspecified atom stereocenters. The van der Waals surface area contributed by atoms with Crippen LogP contribution >= 0.6 is 0 Å². The summed E-state index contributed by atoms with van der Waals surface area (Å²) in [5, 5.41) is 20.5. The van der Waals surface area contributed by atoms with E-state index in [0.717, 1.165) is 75.4 Å². The third-order valence-electron chi connectivity index (χ3n) is 6.88. The molecule has 2 aliphatic rings. The van der Waals surface area contributed by atoms with Crippen molar-refractivity contribution in [2.75, 3.05) is 61.3 Å². The maximum atomic E-state index is 11.6. The van der Waals surface area contributed by atoms with E-state index in [9.17, 15) is 10.1 Å². The molecular formula is C25H31N9O. The van der Waals surface area contributed by atoms with Crippen LogP contribution in [0.2, 0.25) is 0 Å². The van der Waals surface area contributed by atoms with Crippen molar-refractivity contribution in [3.63, 3.8) is 0 Å². The van der Waals surface area contributed by atoms with Crippen LogP contribution in [0.1, 0.15) is 25.3 Å². The zero-order chi connectivity index (χ0) is 24.2. The van der Waals surface area contributed by atoms with Gasteiger partial charge in [-0.15, -0.1) is 0 Å². The standard InChI is InChI=1S/C25H31N9O/c1-17(35)33-10-12-34(13-11-33)21-4-2-20(3-5-21)30-25-31-23(28-15-18-6-8-27-9-7-18)22-19(14-26)16-29-24(22)32-25/h2-5,16,18,27H,6-13,15H2,1H3,(H3,28,29,30,31,32). The normalized spacial score (nSPS) is 16.8. The molecule has 2 fully saturated rings. The largest absolute Gasteiger partial charge is 0.369 e. The maximum Gasteiger partial charge on any atom is 0.231 e. The number of aromatic amines is 1. The van der Waals surface area contributed by atoms with Crippen molar-refractivity contribution in [2.45, 2.75) is 19.8 Å². The summed E-state index contributed by atoms with van der Waals surface area (Å²) >= 11 is 0. The highest BCUT2D eigenvalue weighted by atomic mass is 16.2. The summed E-state index contributed by atoms with van der Waals surface area (Å²) < 4.78 is 0. The van der Waals surface area contributed by atoms with Crippen LogP contribution in [-0.4, -0.2) is 71.6 Å². The smallest absolute Gasteiger partial charge is 0.231 e. The fraction of sp³-hybridized carbons (Fsp3) is 0.440. The van der Waals surface area contributed by atoms with Crippen molar-refractivity contribution >= 4 is 40.1 Å². The minimum Gasteiger partial charge on any atom is -0.369 e. The number of fused-ring (bicyclic) bond motifs is 1. The van der Waals surface area contributed by atoms with Gasteiger partial charge < -0.3 is 30.7 Å². The number of carbonyl (C=O) groups is 1. The topological polar surface area (TPSA) is 125 Å². The number of carbonyl (C=O) groups excluding carboxylic acids is 1. The third-order valence-corrected chi connectivity index (χ3v) is 6.88. The SMILES string of the molecule is CC(=O)N1CCN(c2ccc(Nc3nc(NCC4CCNCC4)c4c(C#N)c[nH]c4n3)cc2)CC1. The monoisotopic (exact) mass is 473 g/mol. The molecule has 2 aliphatic heterocycles. The Balaban J connectivity index is 1.30. The number of piperidine rings is 1. The summed E-state index contributed by atoms with van der Waals surface area (Å²) in [6.07, 6.45) is 3.93. The van der Waals surface area contributed by atoms with Crippen molar-refractivity contribution in [3.05, 3.63) is 36.0 Å². The number of hydrogen-bond acceptors (Lipinski definition) is 8. The fourth-order valence-electron chi connectivity index (χ4n) is 4.80. The zero-order valence-electron chi connectivity index (χ0n) is 20.0. The second kappa shape index (κ2) is 10.2. The van der Waals surface area contributed by atoms with Gasteiger partial charge in [0.25, 0.3) is 0 Å². The first kappa shape index (κ1) is 22.9. The van der Waals surface area contributed by atoms with Gasteiger partial charge >= 0.3 is 0 Å². The van der Waals surface area contributed by atoms with E-state index in [2.05, 4.69) is 49.0 Å². The molecule has 3 aromatic rings. The van der Waals surface area contributed by atoms with Crippen molar-refractivity contribution < 1.29 is 4.79 Å². The average Bonchev–Trinajstić information content (AvgIpc) is 3.32. The number of nitrogens with one attached hydrogen (secondary N) is 4. The minimum absolute atomic E-state index is 0.134. The van der Waals surface area contributed by atoms with E-state index < -0.39 is 0 Å². The highest BCUT2D eigenvalue weighted by molar-refractivity contribution is 5.93. The van der Waals surface area contributed by atoms with Crippen LogP contribution in [0.15, 0.2) is 30.5 Å². The summed E-state index contributed by atoms with van der Waals surface area (Å²) in [4.78, 5) is 28.2. The molecule has 182 valence electrons. The van der Waals surface area contributed by atoms with Crippen LogP contribution in [0, 0.1) is 17.2 Å². The molecular weight excluding hydrogens is 442 g/mol. The predicted molar refractivity (Wildman–Crippen MR) is 137 cm³/mol. The quantitative estimate of drug-likeness (QED) is 0.431. The molecule has 0 radical (unpaired) electrons. The number of H-pyrrole nitrogens is 1. The van der Waals surface area contributed by atoms with Gasteiger partial charge in [-0.25, -0.2) is 0 Å². The third kappa shape index (κ3) is 5.15. The number of hydrogen-bond donors (Lipinski definition) is 4. The van der Waals surface area contributed by atoms with Crippen molar-refractivity contribution in [3.8, 4) is 6.07 Å². The molecule has 4 heterocycles. The second-order valence-corrected chi connectivity index (χ2v) is 9.17. The molecule has 0 saturated carbocycles. The molecule has 4 N–H and O–H groups in total. The van der Waals surface area contributed by atoms with E-state index >= 15 is 0 Å². The van der Waals surface area contributed by atoms with Crippen molar-refractivity contribution in [1.29, 1.82) is 5.26 Å². The highest BCUT2D eigenvalue weighted by Crippen LogP contribution is 2.28. The van der Waals surface area contributed by atoms with Crippen LogP contribution in [-0.2, 0) is 4.79 Å². The molecule has 0 aliphatic carbocycles. The summed E-state index contributed by atoms with van der Waals surface area (Å²) in [5.74, 6) is 1.86. The Kier molecular flexibility index (Phi) is 6.68. The number of piperazine rings is 1. The molecule has 0 spiro atoms. The second-order valence-electron chi connectivity index (χ2n) is 9.17. The van der Waals surface area contributed by atoms with Gasteiger partial charge in [0.2, 0.25) is 11.9 Å². The number of benzene rings is 1. The minimum atomic E-state index is 0.134. The van der Waals surface area contributed by atoms with Gasteiger partial charge in [-0.1, -0.05) is 0 Å². The van der Waals surface area contributed by atoms with E-state index in [1.165, 1.54) is 0 Å². The molecule has 35 heavy (non-hydrogen) atoms. The van der Waals surface area contributed by atoms with Gasteiger partial charge in [-0.2, -0.15) is 15.2 Å². The number of amides is 1. The first-order chi connectivity index (χ1) is 17.1. The number of aromatic nitrogens is 3. The van der Waals surface area contributed by atoms with Crippen LogP contribution in [0.25, 0.3) is 11.0 Å². The average molecular weight is 474 g/mol. The van der Waals surface area contributed by atoms with Gasteiger partial charge in [0.1, 0.15) is 17.5 Å². The Morgan fingerprint density at radius 3 is 2.57 bits per heavy atom. The molecule has 1 aromatic carbocycles. The predicted octanol–water partition coefficient (Wildman–Crippen LogP) is 2.65. The van der Waals surface area contributed by atoms with Crippen molar-refractivity contribution in [1.82, 2.24) is 25.2 Å².